The van der Waals surface area contributed by atoms with E-state index >= 15 is 0 Å². The molecule has 1 heterocycles. The van der Waals surface area contributed by atoms with Crippen molar-refractivity contribution in [1.82, 2.24) is 0 Å². The predicted octanol–water partition coefficient (Wildman–Crippen LogP) is -0.855. The molecule has 1 saturated heterocycles. The third kappa shape index (κ3) is 4.65. The molecule has 0 aromatic rings. The van der Waals surface area contributed by atoms with Gasteiger partial charge in [-0.1, -0.05) is 0 Å². The van der Waals surface area contributed by atoms with Crippen LogP contribution in [0.15, 0.2) is 0 Å². The van der Waals surface area contributed by atoms with Crippen LogP contribution in [0, 0.1) is 0 Å². The van der Waals surface area contributed by atoms with E-state index in [9.17, 15) is 19.5 Å². The van der Waals surface area contributed by atoms with E-state index in [1.54, 1.807) is 0 Å². The minimum atomic E-state index is -1.17. The summed E-state index contributed by atoms with van der Waals surface area (Å²) in [4.78, 5) is 33.8. The Labute approximate surface area is 127 Å². The summed E-state index contributed by atoms with van der Waals surface area (Å²) in [6.45, 7) is 2.96. The molecule has 1 rings (SSSR count). The lowest BCUT2D eigenvalue weighted by Crippen LogP contribution is -2.62. The fourth-order valence-corrected chi connectivity index (χ4v) is 2.19. The molecule has 0 radical (unpaired) electrons. The average Bonchev–Trinajstić information content (AvgIpc) is 2.41. The van der Waals surface area contributed by atoms with Crippen LogP contribution in [-0.4, -0.2) is 67.4 Å². The minimum absolute atomic E-state index is 0.512. The largest absolute Gasteiger partial charge is 0.456 e. The number of carbonyl (C=O) groups excluding carboxylic acids is 3. The summed E-state index contributed by atoms with van der Waals surface area (Å²) in [5.41, 5.74) is 0. The van der Waals surface area contributed by atoms with E-state index in [4.69, 9.17) is 23.7 Å². The van der Waals surface area contributed by atoms with Gasteiger partial charge in [0, 0.05) is 27.9 Å². The van der Waals surface area contributed by atoms with Crippen LogP contribution < -0.4 is 0 Å². The van der Waals surface area contributed by atoms with Crippen LogP contribution in [-0.2, 0) is 38.1 Å². The van der Waals surface area contributed by atoms with Crippen LogP contribution in [0.1, 0.15) is 20.8 Å². The molecule has 0 spiro atoms. The summed E-state index contributed by atoms with van der Waals surface area (Å²) < 4.78 is 25.7. The highest BCUT2D eigenvalue weighted by Gasteiger charge is 2.51. The maximum atomic E-state index is 11.3. The summed E-state index contributed by atoms with van der Waals surface area (Å²) in [6.07, 6.45) is -5.52. The summed E-state index contributed by atoms with van der Waals surface area (Å²) in [6, 6.07) is 0. The van der Waals surface area contributed by atoms with E-state index in [-0.39, 0.29) is 0 Å². The lowest BCUT2D eigenvalue weighted by molar-refractivity contribution is -0.302. The van der Waals surface area contributed by atoms with Crippen LogP contribution in [0.5, 0.6) is 0 Å². The van der Waals surface area contributed by atoms with Gasteiger partial charge in [0.1, 0.15) is 6.10 Å². The second-order valence-electron chi connectivity index (χ2n) is 4.68. The van der Waals surface area contributed by atoms with Crippen molar-refractivity contribution in [2.45, 2.75) is 51.5 Å². The van der Waals surface area contributed by atoms with Crippen molar-refractivity contribution in [2.24, 2.45) is 0 Å². The van der Waals surface area contributed by atoms with E-state index in [0.717, 1.165) is 20.8 Å². The molecule has 22 heavy (non-hydrogen) atoms. The first-order chi connectivity index (χ1) is 10.3. The smallest absolute Gasteiger partial charge is 0.303 e. The molecule has 126 valence electrons. The Morgan fingerprint density at radius 2 is 1.36 bits per heavy atom. The summed E-state index contributed by atoms with van der Waals surface area (Å²) in [7, 11) is 1.30. The van der Waals surface area contributed by atoms with Gasteiger partial charge in [-0.15, -0.1) is 0 Å². The average molecular weight is 320 g/mol. The molecule has 0 aromatic heterocycles. The Morgan fingerprint density at radius 1 is 0.909 bits per heavy atom. The second kappa shape index (κ2) is 8.06. The SMILES string of the molecule is CO[C@H]1OC(CO)[C@@H](OC(C)=O)C(OC(C)=O)[C@@H]1OC(C)=O. The quantitative estimate of drug-likeness (QED) is 0.510. The molecule has 0 aliphatic carbocycles. The molecule has 5 atom stereocenters. The predicted molar refractivity (Wildman–Crippen MR) is 69.4 cm³/mol. The van der Waals surface area contributed by atoms with E-state index in [0.29, 0.717) is 0 Å². The Bertz CT molecular complexity index is 392. The van der Waals surface area contributed by atoms with Crippen LogP contribution in [0.4, 0.5) is 0 Å². The van der Waals surface area contributed by atoms with Gasteiger partial charge in [-0.25, -0.2) is 0 Å². The number of hydrogen-bond donors (Lipinski definition) is 1. The number of esters is 3. The number of rotatable bonds is 5. The lowest BCUT2D eigenvalue weighted by atomic mass is 9.98. The van der Waals surface area contributed by atoms with Gasteiger partial charge in [-0.05, 0) is 0 Å². The number of aliphatic hydroxyl groups excluding tert-OH is 1. The first-order valence-corrected chi connectivity index (χ1v) is 6.61. The van der Waals surface area contributed by atoms with E-state index < -0.39 is 55.2 Å². The lowest BCUT2D eigenvalue weighted by Gasteiger charge is -2.43. The van der Waals surface area contributed by atoms with Crippen LogP contribution in [0.2, 0.25) is 0 Å². The highest BCUT2D eigenvalue weighted by Crippen LogP contribution is 2.28. The standard InChI is InChI=1S/C13H20O9/c1-6(15)19-10-9(5-14)22-13(18-4)12(21-8(3)17)11(10)20-7(2)16/h9-14H,5H2,1-4H3/t9?,10-,11?,12+,13+/m1/s1. The van der Waals surface area contributed by atoms with Gasteiger partial charge < -0.3 is 28.8 Å². The molecular weight excluding hydrogens is 300 g/mol. The number of aliphatic hydroxyl groups is 1. The molecule has 1 aliphatic rings. The van der Waals surface area contributed by atoms with Gasteiger partial charge in [0.2, 0.25) is 0 Å². The molecule has 1 aliphatic heterocycles. The Morgan fingerprint density at radius 3 is 1.77 bits per heavy atom. The zero-order valence-electron chi connectivity index (χ0n) is 12.8. The maximum absolute atomic E-state index is 11.3. The number of hydrogen-bond acceptors (Lipinski definition) is 9. The molecule has 0 bridgehead atoms. The molecule has 0 amide bonds. The van der Waals surface area contributed by atoms with Crippen molar-refractivity contribution in [3.8, 4) is 0 Å². The third-order valence-electron chi connectivity index (χ3n) is 2.91. The monoisotopic (exact) mass is 320 g/mol. The van der Waals surface area contributed by atoms with E-state index in [2.05, 4.69) is 0 Å². The van der Waals surface area contributed by atoms with Crippen molar-refractivity contribution in [3.63, 3.8) is 0 Å². The Balaban J connectivity index is 3.14. The molecule has 1 fully saturated rings. The molecular formula is C13H20O9. The first-order valence-electron chi connectivity index (χ1n) is 6.61. The summed E-state index contributed by atoms with van der Waals surface area (Å²) in [5.74, 6) is -1.99. The van der Waals surface area contributed by atoms with Crippen molar-refractivity contribution in [1.29, 1.82) is 0 Å². The Kier molecular flexibility index (Phi) is 6.72. The van der Waals surface area contributed by atoms with Crippen molar-refractivity contribution in [2.75, 3.05) is 13.7 Å². The van der Waals surface area contributed by atoms with Crippen molar-refractivity contribution < 1.29 is 43.2 Å². The van der Waals surface area contributed by atoms with E-state index in [1.165, 1.54) is 7.11 Å². The Hall–Kier alpha value is -1.71. The molecule has 9 nitrogen and oxygen atoms in total. The normalized spacial score (nSPS) is 31.2. The summed E-state index contributed by atoms with van der Waals surface area (Å²) >= 11 is 0. The second-order valence-corrected chi connectivity index (χ2v) is 4.68. The molecule has 0 aromatic carbocycles. The third-order valence-corrected chi connectivity index (χ3v) is 2.91. The van der Waals surface area contributed by atoms with Gasteiger partial charge >= 0.3 is 17.9 Å². The fourth-order valence-electron chi connectivity index (χ4n) is 2.19. The van der Waals surface area contributed by atoms with Gasteiger partial charge in [-0.3, -0.25) is 14.4 Å². The van der Waals surface area contributed by atoms with E-state index in [1.807, 2.05) is 0 Å². The van der Waals surface area contributed by atoms with Crippen LogP contribution in [0.3, 0.4) is 0 Å². The fraction of sp³-hybridized carbons (Fsp3) is 0.769. The highest BCUT2D eigenvalue weighted by molar-refractivity contribution is 5.68. The first kappa shape index (κ1) is 18.3. The number of ether oxygens (including phenoxy) is 5. The van der Waals surface area contributed by atoms with Gasteiger partial charge in [-0.2, -0.15) is 0 Å². The molecule has 2 unspecified atom stereocenters. The highest BCUT2D eigenvalue weighted by atomic mass is 16.7. The van der Waals surface area contributed by atoms with Crippen molar-refractivity contribution >= 4 is 17.9 Å². The van der Waals surface area contributed by atoms with Gasteiger partial charge in [0.25, 0.3) is 0 Å². The zero-order valence-corrected chi connectivity index (χ0v) is 12.8. The van der Waals surface area contributed by atoms with Gasteiger partial charge in [0.05, 0.1) is 6.61 Å². The molecule has 0 saturated carbocycles. The van der Waals surface area contributed by atoms with Crippen LogP contribution >= 0.6 is 0 Å². The van der Waals surface area contributed by atoms with Crippen molar-refractivity contribution in [3.05, 3.63) is 0 Å². The minimum Gasteiger partial charge on any atom is -0.456 e. The number of carbonyl (C=O) groups is 3. The summed E-state index contributed by atoms with van der Waals surface area (Å²) in [5, 5.41) is 9.39. The maximum Gasteiger partial charge on any atom is 0.303 e. The number of methoxy groups -OCH3 is 1. The van der Waals surface area contributed by atoms with Gasteiger partial charge in [0.15, 0.2) is 24.6 Å². The molecule has 1 N–H and O–H groups in total. The zero-order chi connectivity index (χ0) is 16.9. The van der Waals surface area contributed by atoms with Crippen LogP contribution in [0.25, 0.3) is 0 Å². The molecule has 9 heteroatoms. The topological polar surface area (TPSA) is 118 Å².